The molecule has 54 heavy (non-hydrogen) atoms. The van der Waals surface area contributed by atoms with Crippen molar-refractivity contribution < 1.29 is 27.4 Å². The second kappa shape index (κ2) is 16.8. The number of hydrogen-bond acceptors (Lipinski definition) is 9. The van der Waals surface area contributed by atoms with E-state index in [2.05, 4.69) is 38.5 Å². The average Bonchev–Trinajstić information content (AvgIpc) is 3.55. The van der Waals surface area contributed by atoms with Gasteiger partial charge in [0.1, 0.15) is 35.6 Å². The third-order valence-electron chi connectivity index (χ3n) is 10.9. The Kier molecular flexibility index (Phi) is 11.7. The van der Waals surface area contributed by atoms with E-state index >= 15 is 8.78 Å². The van der Waals surface area contributed by atoms with Crippen LogP contribution in [0.1, 0.15) is 89.5 Å². The summed E-state index contributed by atoms with van der Waals surface area (Å²) in [6, 6.07) is 5.70. The minimum atomic E-state index is -0.937. The van der Waals surface area contributed by atoms with Gasteiger partial charge in [0.25, 0.3) is 0 Å². The van der Waals surface area contributed by atoms with Crippen molar-refractivity contribution >= 4 is 33.6 Å². The summed E-state index contributed by atoms with van der Waals surface area (Å²) in [7, 11) is 0. The molecule has 3 fully saturated rings. The van der Waals surface area contributed by atoms with E-state index in [1.807, 2.05) is 5.01 Å². The monoisotopic (exact) mass is 743 g/mol. The molecule has 2 aromatic carbocycles. The molecule has 7 rings (SSSR count). The number of halogens is 3. The van der Waals surface area contributed by atoms with Crippen LogP contribution in [-0.4, -0.2) is 77.0 Å². The SMILES string of the molecule is C#Cc1c(F)ccc2cc(OC(=O)NCCCCCCCC)cc(-c3ncc4c(N5CCCCCN5)nc(OC[C@@]56CCCN5C[C@H](F)C6)nc4c3F)c12. The molecule has 0 aliphatic carbocycles. The number of fused-ring (bicyclic) bond motifs is 3. The molecule has 0 spiro atoms. The lowest BCUT2D eigenvalue weighted by atomic mass is 9.95. The summed E-state index contributed by atoms with van der Waals surface area (Å²) in [4.78, 5) is 28.9. The van der Waals surface area contributed by atoms with Crippen molar-refractivity contribution in [2.45, 2.75) is 95.7 Å². The molecular formula is C41H48F3N7O3. The lowest BCUT2D eigenvalue weighted by Crippen LogP contribution is -2.43. The van der Waals surface area contributed by atoms with Crippen LogP contribution in [0.3, 0.4) is 0 Å². The second-order valence-corrected chi connectivity index (χ2v) is 14.7. The van der Waals surface area contributed by atoms with Crippen molar-refractivity contribution in [3.8, 4) is 35.4 Å². The van der Waals surface area contributed by atoms with Crippen LogP contribution in [0.5, 0.6) is 11.8 Å². The van der Waals surface area contributed by atoms with E-state index in [1.165, 1.54) is 30.8 Å². The molecular weight excluding hydrogens is 695 g/mol. The first-order chi connectivity index (χ1) is 26.3. The van der Waals surface area contributed by atoms with E-state index in [9.17, 15) is 9.18 Å². The molecule has 13 heteroatoms. The van der Waals surface area contributed by atoms with Gasteiger partial charge in [-0.1, -0.05) is 57.4 Å². The van der Waals surface area contributed by atoms with Gasteiger partial charge in [0.05, 0.1) is 16.5 Å². The number of hydrazine groups is 1. The molecule has 5 heterocycles. The van der Waals surface area contributed by atoms with Crippen molar-refractivity contribution in [2.24, 2.45) is 0 Å². The third kappa shape index (κ3) is 7.91. The smallest absolute Gasteiger partial charge is 0.412 e. The number of carbonyl (C=O) groups excluding carboxylic acids is 1. The second-order valence-electron chi connectivity index (χ2n) is 14.7. The van der Waals surface area contributed by atoms with Gasteiger partial charge < -0.3 is 14.8 Å². The van der Waals surface area contributed by atoms with Gasteiger partial charge >= 0.3 is 12.1 Å². The molecule has 3 aliphatic heterocycles. The molecule has 0 saturated carbocycles. The Morgan fingerprint density at radius 3 is 2.80 bits per heavy atom. The number of ether oxygens (including phenoxy) is 2. The number of alkyl halides is 1. The minimum absolute atomic E-state index is 0.0394. The van der Waals surface area contributed by atoms with Crippen molar-refractivity contribution in [1.29, 1.82) is 0 Å². The third-order valence-corrected chi connectivity index (χ3v) is 10.9. The lowest BCUT2D eigenvalue weighted by molar-refractivity contribution is 0.107. The molecule has 2 atom stereocenters. The number of carbonyl (C=O) groups is 1. The Bertz CT molecular complexity index is 2030. The van der Waals surface area contributed by atoms with Crippen LogP contribution in [0, 0.1) is 24.0 Å². The molecule has 2 aromatic heterocycles. The van der Waals surface area contributed by atoms with Crippen LogP contribution in [0.15, 0.2) is 30.5 Å². The number of aromatic nitrogens is 3. The number of terminal acetylenes is 1. The van der Waals surface area contributed by atoms with E-state index in [0.717, 1.165) is 70.8 Å². The van der Waals surface area contributed by atoms with Crippen molar-refractivity contribution in [3.05, 3.63) is 47.7 Å². The minimum Gasteiger partial charge on any atom is -0.461 e. The standard InChI is InChI=1S/C41H48F3N7O3/c1-3-5-6-7-8-10-17-45-40(52)54-29-21-27-14-15-33(43)30(4-2)34(27)31(22-29)36-35(44)37-32(24-46-36)38(51-20-12-9-11-18-47-51)49-39(48-37)53-26-41-16-13-19-50(41)25-28(42)23-41/h2,14-15,21-22,24,28,47H,3,5-13,16-20,23,25-26H2,1H3,(H,45,52)/t28-,41+/m1/s1. The van der Waals surface area contributed by atoms with Gasteiger partial charge in [-0.05, 0) is 62.2 Å². The fourth-order valence-corrected chi connectivity index (χ4v) is 8.21. The molecule has 1 amide bonds. The Morgan fingerprint density at radius 2 is 1.94 bits per heavy atom. The highest BCUT2D eigenvalue weighted by molar-refractivity contribution is 6.03. The normalized spacial score (nSPS) is 20.2. The van der Waals surface area contributed by atoms with Gasteiger partial charge in [-0.3, -0.25) is 14.9 Å². The zero-order valence-electron chi connectivity index (χ0n) is 30.9. The Hall–Kier alpha value is -4.67. The summed E-state index contributed by atoms with van der Waals surface area (Å²) < 4.78 is 58.9. The van der Waals surface area contributed by atoms with Crippen LogP contribution in [0.25, 0.3) is 32.9 Å². The van der Waals surface area contributed by atoms with Gasteiger partial charge in [0.15, 0.2) is 11.6 Å². The van der Waals surface area contributed by atoms with Crippen molar-refractivity contribution in [1.82, 2.24) is 30.6 Å². The number of hydrogen-bond donors (Lipinski definition) is 2. The topological polar surface area (TPSA) is 105 Å². The van der Waals surface area contributed by atoms with Crippen LogP contribution >= 0.6 is 0 Å². The Balaban J connectivity index is 1.26. The number of anilines is 1. The largest absolute Gasteiger partial charge is 0.461 e. The quantitative estimate of drug-likeness (QED) is 0.104. The van der Waals surface area contributed by atoms with Crippen molar-refractivity contribution in [3.63, 3.8) is 0 Å². The summed E-state index contributed by atoms with van der Waals surface area (Å²) in [5.41, 5.74) is 2.76. The predicted octanol–water partition coefficient (Wildman–Crippen LogP) is 8.00. The summed E-state index contributed by atoms with van der Waals surface area (Å²) in [5.74, 6) is 1.46. The number of benzene rings is 2. The van der Waals surface area contributed by atoms with Crippen LogP contribution < -0.4 is 25.2 Å². The van der Waals surface area contributed by atoms with E-state index in [1.54, 1.807) is 6.07 Å². The first-order valence-corrected chi connectivity index (χ1v) is 19.4. The van der Waals surface area contributed by atoms with Crippen molar-refractivity contribution in [2.75, 3.05) is 44.3 Å². The molecule has 10 nitrogen and oxygen atoms in total. The highest BCUT2D eigenvalue weighted by Crippen LogP contribution is 2.42. The maximum atomic E-state index is 17.2. The molecule has 0 unspecified atom stereocenters. The molecule has 0 bridgehead atoms. The Morgan fingerprint density at radius 1 is 1.09 bits per heavy atom. The van der Waals surface area contributed by atoms with Gasteiger partial charge in [-0.25, -0.2) is 23.4 Å². The number of nitrogens with one attached hydrogen (secondary N) is 2. The highest BCUT2D eigenvalue weighted by Gasteiger charge is 2.49. The van der Waals surface area contributed by atoms with Crippen LogP contribution in [-0.2, 0) is 0 Å². The average molecular weight is 744 g/mol. The summed E-state index contributed by atoms with van der Waals surface area (Å²) in [6.07, 6.45) is 17.1. The molecule has 2 N–H and O–H groups in total. The fourth-order valence-electron chi connectivity index (χ4n) is 8.21. The van der Waals surface area contributed by atoms with E-state index < -0.39 is 29.4 Å². The van der Waals surface area contributed by atoms with Gasteiger partial charge in [-0.15, -0.1) is 6.42 Å². The van der Waals surface area contributed by atoms with E-state index in [4.69, 9.17) is 20.9 Å². The maximum absolute atomic E-state index is 17.2. The highest BCUT2D eigenvalue weighted by atomic mass is 19.1. The number of pyridine rings is 1. The lowest BCUT2D eigenvalue weighted by Gasteiger charge is -2.31. The Labute approximate surface area is 314 Å². The molecule has 286 valence electrons. The number of amides is 1. The molecule has 4 aromatic rings. The maximum Gasteiger partial charge on any atom is 0.412 e. The zero-order valence-corrected chi connectivity index (χ0v) is 30.9. The molecule has 3 saturated heterocycles. The van der Waals surface area contributed by atoms with Gasteiger partial charge in [0, 0.05) is 49.7 Å². The first-order valence-electron chi connectivity index (χ1n) is 19.4. The predicted molar refractivity (Wildman–Crippen MR) is 203 cm³/mol. The van der Waals surface area contributed by atoms with Gasteiger partial charge in [0.2, 0.25) is 0 Å². The number of unbranched alkanes of at least 4 members (excludes halogenated alkanes) is 5. The zero-order chi connectivity index (χ0) is 37.7. The van der Waals surface area contributed by atoms with Gasteiger partial charge in [-0.2, -0.15) is 9.97 Å². The number of nitrogens with zero attached hydrogens (tertiary/aromatic N) is 5. The fraction of sp³-hybridized carbons (Fsp3) is 0.512. The number of rotatable bonds is 13. The van der Waals surface area contributed by atoms with Crippen LogP contribution in [0.2, 0.25) is 0 Å². The molecule has 0 radical (unpaired) electrons. The molecule has 3 aliphatic rings. The summed E-state index contributed by atoms with van der Waals surface area (Å²) in [6.45, 7) is 5.27. The van der Waals surface area contributed by atoms with E-state index in [0.29, 0.717) is 49.2 Å². The summed E-state index contributed by atoms with van der Waals surface area (Å²) in [5, 5.41) is 5.68. The van der Waals surface area contributed by atoms with E-state index in [-0.39, 0.29) is 46.1 Å². The first kappa shape index (κ1) is 37.6. The van der Waals surface area contributed by atoms with Crippen LogP contribution in [0.4, 0.5) is 23.8 Å². The summed E-state index contributed by atoms with van der Waals surface area (Å²) >= 11 is 0.